The van der Waals surface area contributed by atoms with Crippen LogP contribution in [0.25, 0.3) is 11.1 Å². The van der Waals surface area contributed by atoms with Gasteiger partial charge in [-0.2, -0.15) is 0 Å². The molecule has 1 atom stereocenters. The lowest BCUT2D eigenvalue weighted by molar-refractivity contribution is -0.140. The summed E-state index contributed by atoms with van der Waals surface area (Å²) in [6, 6.07) is 16.3. The molecule has 1 heterocycles. The fourth-order valence-corrected chi connectivity index (χ4v) is 4.60. The van der Waals surface area contributed by atoms with Gasteiger partial charge < -0.3 is 14.5 Å². The minimum Gasteiger partial charge on any atom is -0.496 e. The maximum Gasteiger partial charge on any atom is 0.230 e. The average molecular weight is 437 g/mol. The van der Waals surface area contributed by atoms with Gasteiger partial charge in [0.05, 0.1) is 12.5 Å². The molecule has 1 aliphatic heterocycles. The molecular weight excluding hydrogens is 400 g/mol. The highest BCUT2D eigenvalue weighted by Gasteiger charge is 2.46. The van der Waals surface area contributed by atoms with Gasteiger partial charge in [0, 0.05) is 39.2 Å². The molecule has 172 valence electrons. The molecule has 0 saturated carbocycles. The van der Waals surface area contributed by atoms with Gasteiger partial charge in [-0.05, 0) is 35.4 Å². The highest BCUT2D eigenvalue weighted by atomic mass is 16.5. The molecule has 0 aromatic heterocycles. The lowest BCUT2D eigenvalue weighted by Crippen LogP contribution is -2.45. The number of hydrogen-bond donors (Lipinski definition) is 0. The van der Waals surface area contributed by atoms with Crippen molar-refractivity contribution in [2.75, 3.05) is 34.3 Å². The van der Waals surface area contributed by atoms with E-state index in [4.69, 9.17) is 4.74 Å². The van der Waals surface area contributed by atoms with Crippen molar-refractivity contribution in [2.45, 2.75) is 40.0 Å². The van der Waals surface area contributed by atoms with Crippen LogP contribution in [0, 0.1) is 10.8 Å². The molecule has 3 rings (SSSR count). The first kappa shape index (κ1) is 23.8. The Morgan fingerprint density at radius 3 is 2.31 bits per heavy atom. The number of amides is 2. The summed E-state index contributed by atoms with van der Waals surface area (Å²) in [6.07, 6.45) is 1.80. The van der Waals surface area contributed by atoms with Gasteiger partial charge in [0.1, 0.15) is 5.75 Å². The Hall–Kier alpha value is -2.82. The van der Waals surface area contributed by atoms with Gasteiger partial charge >= 0.3 is 0 Å². The van der Waals surface area contributed by atoms with E-state index in [0.717, 1.165) is 22.4 Å². The smallest absolute Gasteiger partial charge is 0.230 e. The van der Waals surface area contributed by atoms with Crippen LogP contribution in [0.2, 0.25) is 0 Å². The van der Waals surface area contributed by atoms with Gasteiger partial charge in [-0.25, -0.2) is 0 Å². The Balaban J connectivity index is 1.83. The van der Waals surface area contributed by atoms with E-state index in [1.165, 1.54) is 0 Å². The molecule has 1 fully saturated rings. The van der Waals surface area contributed by atoms with Gasteiger partial charge in [0.25, 0.3) is 0 Å². The predicted molar refractivity (Wildman–Crippen MR) is 129 cm³/mol. The van der Waals surface area contributed by atoms with Gasteiger partial charge in [-0.3, -0.25) is 9.59 Å². The summed E-state index contributed by atoms with van der Waals surface area (Å²) < 4.78 is 5.49. The summed E-state index contributed by atoms with van der Waals surface area (Å²) in [7, 11) is 5.28. The van der Waals surface area contributed by atoms with Crippen molar-refractivity contribution < 1.29 is 14.3 Å². The lowest BCUT2D eigenvalue weighted by Gasteiger charge is -2.31. The Morgan fingerprint density at radius 2 is 1.72 bits per heavy atom. The first-order valence-corrected chi connectivity index (χ1v) is 11.3. The van der Waals surface area contributed by atoms with Crippen molar-refractivity contribution in [1.82, 2.24) is 9.80 Å². The first-order valence-electron chi connectivity index (χ1n) is 11.3. The zero-order chi connectivity index (χ0) is 23.5. The molecule has 5 nitrogen and oxygen atoms in total. The van der Waals surface area contributed by atoms with Gasteiger partial charge in [0.2, 0.25) is 11.8 Å². The third-order valence-corrected chi connectivity index (χ3v) is 6.16. The highest BCUT2D eigenvalue weighted by Crippen LogP contribution is 2.38. The standard InChI is InChI=1S/C27H36N2O3/c1-26(2,3)18-24(30)29-16-15-27(19-29,25(31)28(4)5)17-20-11-13-21(14-12-20)22-9-7-8-10-23(22)32-6/h7-14H,15-19H2,1-6H3/t27-/m0/s1. The molecule has 2 aromatic rings. The van der Waals surface area contributed by atoms with Crippen LogP contribution in [0.5, 0.6) is 5.75 Å². The molecule has 1 aliphatic rings. The quantitative estimate of drug-likeness (QED) is 0.662. The van der Waals surface area contributed by atoms with Crippen molar-refractivity contribution in [1.29, 1.82) is 0 Å². The molecule has 5 heteroatoms. The van der Waals surface area contributed by atoms with Crippen LogP contribution in [0.3, 0.4) is 0 Å². The summed E-state index contributed by atoms with van der Waals surface area (Å²) in [5.41, 5.74) is 2.57. The van der Waals surface area contributed by atoms with Crippen molar-refractivity contribution in [2.24, 2.45) is 10.8 Å². The SMILES string of the molecule is COc1ccccc1-c1ccc(C[C@@]2(C(=O)N(C)C)CCN(C(=O)CC(C)(C)C)C2)cc1. The van der Waals surface area contributed by atoms with E-state index in [9.17, 15) is 9.59 Å². The van der Waals surface area contributed by atoms with E-state index in [0.29, 0.717) is 32.4 Å². The van der Waals surface area contributed by atoms with E-state index in [1.807, 2.05) is 29.2 Å². The molecule has 2 aromatic carbocycles. The molecule has 32 heavy (non-hydrogen) atoms. The molecule has 0 unspecified atom stereocenters. The number of carbonyl (C=O) groups excluding carboxylic acids is 2. The Bertz CT molecular complexity index is 960. The lowest BCUT2D eigenvalue weighted by atomic mass is 9.79. The molecule has 0 aliphatic carbocycles. The van der Waals surface area contributed by atoms with Crippen LogP contribution >= 0.6 is 0 Å². The largest absolute Gasteiger partial charge is 0.496 e. The number of benzene rings is 2. The predicted octanol–water partition coefficient (Wildman–Crippen LogP) is 4.65. The Kier molecular flexibility index (Phi) is 6.97. The second kappa shape index (κ2) is 9.35. The van der Waals surface area contributed by atoms with E-state index in [-0.39, 0.29) is 17.2 Å². The summed E-state index contributed by atoms with van der Waals surface area (Å²) in [4.78, 5) is 29.7. The summed E-state index contributed by atoms with van der Waals surface area (Å²) in [5.74, 6) is 1.07. The maximum absolute atomic E-state index is 13.3. The molecule has 0 spiro atoms. The van der Waals surface area contributed by atoms with E-state index in [1.54, 1.807) is 26.1 Å². The third kappa shape index (κ3) is 5.32. The van der Waals surface area contributed by atoms with Crippen LogP contribution in [0.15, 0.2) is 48.5 Å². The fourth-order valence-electron chi connectivity index (χ4n) is 4.60. The second-order valence-electron chi connectivity index (χ2n) is 10.4. The zero-order valence-electron chi connectivity index (χ0n) is 20.3. The number of rotatable bonds is 6. The number of carbonyl (C=O) groups is 2. The van der Waals surface area contributed by atoms with Gasteiger partial charge in [-0.15, -0.1) is 0 Å². The minimum atomic E-state index is -0.580. The third-order valence-electron chi connectivity index (χ3n) is 6.16. The number of ether oxygens (including phenoxy) is 1. The number of para-hydroxylation sites is 1. The highest BCUT2D eigenvalue weighted by molar-refractivity contribution is 5.85. The molecular formula is C27H36N2O3. The van der Waals surface area contributed by atoms with Gasteiger partial charge in [0.15, 0.2) is 0 Å². The molecule has 1 saturated heterocycles. The molecule has 2 amide bonds. The average Bonchev–Trinajstić information content (AvgIpc) is 3.18. The molecule has 0 radical (unpaired) electrons. The number of methoxy groups -OCH3 is 1. The number of hydrogen-bond acceptors (Lipinski definition) is 3. The maximum atomic E-state index is 13.3. The second-order valence-corrected chi connectivity index (χ2v) is 10.4. The van der Waals surface area contributed by atoms with Crippen molar-refractivity contribution in [3.63, 3.8) is 0 Å². The summed E-state index contributed by atoms with van der Waals surface area (Å²) in [5, 5.41) is 0. The topological polar surface area (TPSA) is 49.9 Å². The zero-order valence-corrected chi connectivity index (χ0v) is 20.3. The van der Waals surface area contributed by atoms with E-state index >= 15 is 0 Å². The van der Waals surface area contributed by atoms with Crippen molar-refractivity contribution in [3.05, 3.63) is 54.1 Å². The Labute approximate surface area is 192 Å². The number of likely N-dealkylation sites (tertiary alicyclic amines) is 1. The number of nitrogens with zero attached hydrogens (tertiary/aromatic N) is 2. The van der Waals surface area contributed by atoms with Crippen LogP contribution in [0.1, 0.15) is 39.2 Å². The fraction of sp³-hybridized carbons (Fsp3) is 0.481. The summed E-state index contributed by atoms with van der Waals surface area (Å²) in [6.45, 7) is 7.33. The van der Waals surface area contributed by atoms with Crippen LogP contribution in [0.4, 0.5) is 0 Å². The first-order chi connectivity index (χ1) is 15.0. The normalized spacial score (nSPS) is 18.5. The van der Waals surface area contributed by atoms with Crippen molar-refractivity contribution >= 4 is 11.8 Å². The van der Waals surface area contributed by atoms with Crippen LogP contribution < -0.4 is 4.74 Å². The summed E-state index contributed by atoms with van der Waals surface area (Å²) >= 11 is 0. The molecule has 0 bridgehead atoms. The van der Waals surface area contributed by atoms with Crippen LogP contribution in [-0.4, -0.2) is 55.9 Å². The van der Waals surface area contributed by atoms with E-state index < -0.39 is 5.41 Å². The minimum absolute atomic E-state index is 0.0672. The molecule has 0 N–H and O–H groups in total. The van der Waals surface area contributed by atoms with Crippen molar-refractivity contribution in [3.8, 4) is 16.9 Å². The monoisotopic (exact) mass is 436 g/mol. The van der Waals surface area contributed by atoms with Gasteiger partial charge in [-0.1, -0.05) is 63.2 Å². The van der Waals surface area contributed by atoms with E-state index in [2.05, 4.69) is 45.0 Å². The Morgan fingerprint density at radius 1 is 1.06 bits per heavy atom. The van der Waals surface area contributed by atoms with Crippen LogP contribution in [-0.2, 0) is 16.0 Å².